The smallest absolute Gasteiger partial charge is 0.121 e. The van der Waals surface area contributed by atoms with Gasteiger partial charge in [0.1, 0.15) is 12.4 Å². The van der Waals surface area contributed by atoms with E-state index in [0.29, 0.717) is 13.2 Å². The summed E-state index contributed by atoms with van der Waals surface area (Å²) >= 11 is 0. The summed E-state index contributed by atoms with van der Waals surface area (Å²) < 4.78 is 10.6. The Morgan fingerprint density at radius 3 is 2.62 bits per heavy atom. The highest BCUT2D eigenvalue weighted by Crippen LogP contribution is 2.31. The van der Waals surface area contributed by atoms with Crippen LogP contribution in [0.4, 0.5) is 5.69 Å². The number of rotatable bonds is 5. The summed E-state index contributed by atoms with van der Waals surface area (Å²) in [5.41, 5.74) is 9.86. The predicted molar refractivity (Wildman–Crippen MR) is 85.5 cm³/mol. The van der Waals surface area contributed by atoms with Gasteiger partial charge in [0.15, 0.2) is 0 Å². The van der Waals surface area contributed by atoms with E-state index in [0.717, 1.165) is 28.1 Å². The van der Waals surface area contributed by atoms with E-state index in [9.17, 15) is 0 Å². The van der Waals surface area contributed by atoms with Crippen molar-refractivity contribution in [3.63, 3.8) is 0 Å². The molecule has 3 aromatic rings. The molecule has 0 radical (unpaired) electrons. The molecular weight excluding hydrogens is 264 g/mol. The highest BCUT2D eigenvalue weighted by molar-refractivity contribution is 5.96. The number of ether oxygens (including phenoxy) is 2. The molecule has 0 aliphatic rings. The van der Waals surface area contributed by atoms with Crippen LogP contribution in [0.5, 0.6) is 5.75 Å². The fourth-order valence-corrected chi connectivity index (χ4v) is 2.34. The lowest BCUT2D eigenvalue weighted by atomic mass is 10.0. The molecule has 4 heteroatoms. The van der Waals surface area contributed by atoms with Gasteiger partial charge in [-0.3, -0.25) is 0 Å². The lowest BCUT2D eigenvalue weighted by molar-refractivity contribution is 0.146. The number of aromatic nitrogens is 1. The fraction of sp³-hybridized carbons (Fsp3) is 0.176. The Kier molecular flexibility index (Phi) is 3.79. The van der Waals surface area contributed by atoms with E-state index in [1.807, 2.05) is 42.6 Å². The maximum Gasteiger partial charge on any atom is 0.121 e. The summed E-state index contributed by atoms with van der Waals surface area (Å²) in [6, 6.07) is 13.9. The molecule has 0 amide bonds. The lowest BCUT2D eigenvalue weighted by Gasteiger charge is -2.06. The third-order valence-corrected chi connectivity index (χ3v) is 3.43. The molecule has 0 spiro atoms. The van der Waals surface area contributed by atoms with Crippen LogP contribution in [0.1, 0.15) is 0 Å². The van der Waals surface area contributed by atoms with Gasteiger partial charge in [-0.2, -0.15) is 0 Å². The second kappa shape index (κ2) is 5.89. The van der Waals surface area contributed by atoms with Gasteiger partial charge in [-0.1, -0.05) is 12.1 Å². The van der Waals surface area contributed by atoms with E-state index in [1.165, 1.54) is 5.39 Å². The van der Waals surface area contributed by atoms with E-state index >= 15 is 0 Å². The SMILES string of the molecule is COCCOc1ccc2c(-c3ccc(N)cc3)c[nH]c2c1. The summed E-state index contributed by atoms with van der Waals surface area (Å²) in [6.07, 6.45) is 2.01. The van der Waals surface area contributed by atoms with E-state index < -0.39 is 0 Å². The molecular formula is C17H18N2O2. The van der Waals surface area contributed by atoms with Crippen LogP contribution in [-0.2, 0) is 4.74 Å². The maximum absolute atomic E-state index is 5.74. The Hall–Kier alpha value is -2.46. The number of H-pyrrole nitrogens is 1. The zero-order chi connectivity index (χ0) is 14.7. The molecule has 0 atom stereocenters. The number of nitrogens with one attached hydrogen (secondary N) is 1. The van der Waals surface area contributed by atoms with Crippen molar-refractivity contribution in [2.45, 2.75) is 0 Å². The first kappa shape index (κ1) is 13.5. The van der Waals surface area contributed by atoms with Crippen molar-refractivity contribution < 1.29 is 9.47 Å². The number of benzene rings is 2. The number of aromatic amines is 1. The molecule has 0 unspecified atom stereocenters. The minimum atomic E-state index is 0.549. The summed E-state index contributed by atoms with van der Waals surface area (Å²) in [4.78, 5) is 3.29. The highest BCUT2D eigenvalue weighted by atomic mass is 16.5. The Morgan fingerprint density at radius 1 is 1.05 bits per heavy atom. The van der Waals surface area contributed by atoms with E-state index in [-0.39, 0.29) is 0 Å². The second-order valence-electron chi connectivity index (χ2n) is 4.87. The van der Waals surface area contributed by atoms with Crippen LogP contribution in [0.2, 0.25) is 0 Å². The van der Waals surface area contributed by atoms with Gasteiger partial charge in [-0.05, 0) is 29.8 Å². The average molecular weight is 282 g/mol. The maximum atomic E-state index is 5.74. The van der Waals surface area contributed by atoms with Crippen LogP contribution in [0.15, 0.2) is 48.7 Å². The van der Waals surface area contributed by atoms with Crippen LogP contribution in [0.25, 0.3) is 22.0 Å². The van der Waals surface area contributed by atoms with Crippen LogP contribution >= 0.6 is 0 Å². The van der Waals surface area contributed by atoms with Crippen LogP contribution in [0, 0.1) is 0 Å². The Bertz CT molecular complexity index is 732. The lowest BCUT2D eigenvalue weighted by Crippen LogP contribution is -2.03. The molecule has 0 saturated heterocycles. The van der Waals surface area contributed by atoms with Gasteiger partial charge >= 0.3 is 0 Å². The third kappa shape index (κ3) is 2.85. The second-order valence-corrected chi connectivity index (χ2v) is 4.87. The van der Waals surface area contributed by atoms with Crippen molar-refractivity contribution in [3.8, 4) is 16.9 Å². The Labute approximate surface area is 123 Å². The molecule has 108 valence electrons. The molecule has 4 nitrogen and oxygen atoms in total. The predicted octanol–water partition coefficient (Wildman–Crippen LogP) is 3.44. The van der Waals surface area contributed by atoms with Gasteiger partial charge in [-0.15, -0.1) is 0 Å². The first-order valence-corrected chi connectivity index (χ1v) is 6.87. The van der Waals surface area contributed by atoms with Crippen molar-refractivity contribution in [2.24, 2.45) is 0 Å². The number of nitrogen functional groups attached to an aromatic ring is 1. The van der Waals surface area contributed by atoms with Gasteiger partial charge in [0.2, 0.25) is 0 Å². The fourth-order valence-electron chi connectivity index (χ4n) is 2.34. The third-order valence-electron chi connectivity index (χ3n) is 3.43. The van der Waals surface area contributed by atoms with Gasteiger partial charge in [0, 0.05) is 41.5 Å². The van der Waals surface area contributed by atoms with Crippen molar-refractivity contribution in [3.05, 3.63) is 48.7 Å². The Balaban J connectivity index is 1.90. The quantitative estimate of drug-likeness (QED) is 0.556. The molecule has 3 rings (SSSR count). The van der Waals surface area contributed by atoms with Crippen molar-refractivity contribution >= 4 is 16.6 Å². The van der Waals surface area contributed by atoms with Gasteiger partial charge in [0.25, 0.3) is 0 Å². The molecule has 0 fully saturated rings. The van der Waals surface area contributed by atoms with Crippen LogP contribution < -0.4 is 10.5 Å². The number of hydrogen-bond acceptors (Lipinski definition) is 3. The van der Waals surface area contributed by atoms with Gasteiger partial charge < -0.3 is 20.2 Å². The van der Waals surface area contributed by atoms with Crippen molar-refractivity contribution in [1.82, 2.24) is 4.98 Å². The van der Waals surface area contributed by atoms with Crippen LogP contribution in [0.3, 0.4) is 0 Å². The largest absolute Gasteiger partial charge is 0.491 e. The molecule has 0 saturated carbocycles. The number of hydrogen-bond donors (Lipinski definition) is 2. The molecule has 1 heterocycles. The number of methoxy groups -OCH3 is 1. The molecule has 0 aliphatic heterocycles. The van der Waals surface area contributed by atoms with E-state index in [1.54, 1.807) is 7.11 Å². The molecule has 21 heavy (non-hydrogen) atoms. The molecule has 1 aromatic heterocycles. The zero-order valence-electron chi connectivity index (χ0n) is 11.9. The molecule has 3 N–H and O–H groups in total. The van der Waals surface area contributed by atoms with Gasteiger partial charge in [0.05, 0.1) is 6.61 Å². The van der Waals surface area contributed by atoms with Gasteiger partial charge in [-0.25, -0.2) is 0 Å². The van der Waals surface area contributed by atoms with E-state index in [2.05, 4.69) is 11.1 Å². The summed E-state index contributed by atoms with van der Waals surface area (Å²) in [5, 5.41) is 1.17. The Morgan fingerprint density at radius 2 is 1.86 bits per heavy atom. The average Bonchev–Trinajstić information content (AvgIpc) is 2.91. The van der Waals surface area contributed by atoms with Crippen molar-refractivity contribution in [2.75, 3.05) is 26.1 Å². The number of nitrogens with two attached hydrogens (primary N) is 1. The minimum Gasteiger partial charge on any atom is -0.491 e. The van der Waals surface area contributed by atoms with Crippen molar-refractivity contribution in [1.29, 1.82) is 0 Å². The molecule has 0 aliphatic carbocycles. The first-order chi connectivity index (χ1) is 10.3. The summed E-state index contributed by atoms with van der Waals surface area (Å²) in [6.45, 7) is 1.13. The number of fused-ring (bicyclic) bond motifs is 1. The minimum absolute atomic E-state index is 0.549. The molecule has 0 bridgehead atoms. The normalized spacial score (nSPS) is 10.9. The summed E-state index contributed by atoms with van der Waals surface area (Å²) in [7, 11) is 1.66. The van der Waals surface area contributed by atoms with E-state index in [4.69, 9.17) is 15.2 Å². The number of anilines is 1. The topological polar surface area (TPSA) is 60.3 Å². The van der Waals surface area contributed by atoms with Crippen LogP contribution in [-0.4, -0.2) is 25.3 Å². The molecule has 2 aromatic carbocycles. The highest BCUT2D eigenvalue weighted by Gasteiger charge is 2.07. The summed E-state index contributed by atoms with van der Waals surface area (Å²) in [5.74, 6) is 0.838. The monoisotopic (exact) mass is 282 g/mol. The zero-order valence-corrected chi connectivity index (χ0v) is 11.9. The first-order valence-electron chi connectivity index (χ1n) is 6.87. The standard InChI is InChI=1S/C17H18N2O2/c1-20-8-9-21-14-6-7-15-16(11-19-17(15)10-14)12-2-4-13(18)5-3-12/h2-7,10-11,19H,8-9,18H2,1H3.